The van der Waals surface area contributed by atoms with Crippen molar-refractivity contribution >= 4 is 31.4 Å². The molecule has 0 aliphatic rings. The molecular weight excluding hydrogens is 709 g/mol. The van der Waals surface area contributed by atoms with Crippen molar-refractivity contribution in [1.82, 2.24) is 10.6 Å². The first kappa shape index (κ1) is 51.0. The molecule has 0 aliphatic carbocycles. The Kier molecular flexibility index (Phi) is 37.6. The van der Waals surface area contributed by atoms with Crippen LogP contribution in [0.4, 0.5) is 4.79 Å². The second kappa shape index (κ2) is 38.3. The second-order valence-electron chi connectivity index (χ2n) is 13.3. The van der Waals surface area contributed by atoms with Crippen LogP contribution in [0.5, 0.6) is 0 Å². The molecule has 0 fully saturated rings. The zero-order chi connectivity index (χ0) is 38.4. The molecule has 0 unspecified atom stereocenters. The van der Waals surface area contributed by atoms with Gasteiger partial charge < -0.3 is 49.8 Å². The Hall–Kier alpha value is -0.960. The van der Waals surface area contributed by atoms with Crippen molar-refractivity contribution in [2.75, 3.05) is 83.6 Å². The van der Waals surface area contributed by atoms with Gasteiger partial charge in [-0.15, -0.1) is 0 Å². The van der Waals surface area contributed by atoms with Gasteiger partial charge in [0.2, 0.25) is 5.91 Å². The summed E-state index contributed by atoms with van der Waals surface area (Å²) >= 11 is 1.46. The minimum Gasteiger partial charge on any atom is -0.443 e. The Morgan fingerprint density at radius 3 is 1.67 bits per heavy atom. The average Bonchev–Trinajstić information content (AvgIpc) is 3.11. The number of nitrogens with one attached hydrogen (secondary N) is 2. The number of alkyl carbamates (subject to hydrolysis) is 1. The van der Waals surface area contributed by atoms with E-state index in [-0.39, 0.29) is 31.9 Å². The van der Waals surface area contributed by atoms with Gasteiger partial charge in [-0.25, -0.2) is 4.79 Å². The maximum absolute atomic E-state index is 12.6. The van der Waals surface area contributed by atoms with Crippen LogP contribution in [0.2, 0.25) is 0 Å². The van der Waals surface area contributed by atoms with Crippen LogP contribution >= 0.6 is 19.4 Å². The van der Waals surface area contributed by atoms with E-state index in [1.54, 1.807) is 0 Å². The molecule has 310 valence electrons. The Labute approximate surface area is 319 Å². The average molecular weight is 786 g/mol. The molecular formula is C37H76N3O10PS. The van der Waals surface area contributed by atoms with E-state index in [2.05, 4.69) is 24.5 Å². The van der Waals surface area contributed by atoms with Gasteiger partial charge in [-0.1, -0.05) is 117 Å². The Morgan fingerprint density at radius 1 is 0.615 bits per heavy atom. The van der Waals surface area contributed by atoms with E-state index in [0.29, 0.717) is 57.6 Å². The monoisotopic (exact) mass is 785 g/mol. The van der Waals surface area contributed by atoms with E-state index >= 15 is 0 Å². The topological polar surface area (TPSA) is 188 Å². The van der Waals surface area contributed by atoms with Crippen molar-refractivity contribution in [3.8, 4) is 0 Å². The van der Waals surface area contributed by atoms with E-state index in [1.807, 2.05) is 0 Å². The van der Waals surface area contributed by atoms with Crippen molar-refractivity contribution in [2.24, 2.45) is 5.73 Å². The summed E-state index contributed by atoms with van der Waals surface area (Å²) in [7, 11) is -4.04. The number of rotatable bonds is 40. The van der Waals surface area contributed by atoms with E-state index in [9.17, 15) is 14.2 Å². The van der Waals surface area contributed by atoms with Gasteiger partial charge in [0, 0.05) is 31.2 Å². The number of amides is 2. The van der Waals surface area contributed by atoms with Crippen LogP contribution in [0.1, 0.15) is 129 Å². The molecule has 0 heterocycles. The fourth-order valence-electron chi connectivity index (χ4n) is 5.17. The molecule has 2 atom stereocenters. The molecule has 15 heteroatoms. The zero-order valence-electron chi connectivity index (χ0n) is 32.7. The summed E-state index contributed by atoms with van der Waals surface area (Å²) in [5.41, 5.74) is 6.12. The fraction of sp³-hybridized carbons (Fsp3) is 0.946. The predicted molar refractivity (Wildman–Crippen MR) is 211 cm³/mol. The number of unbranched alkanes of at least 4 members (excludes halogenated alkanes) is 16. The van der Waals surface area contributed by atoms with Crippen molar-refractivity contribution in [2.45, 2.75) is 142 Å². The van der Waals surface area contributed by atoms with Crippen LogP contribution in [-0.4, -0.2) is 118 Å². The SMILES string of the molecule is CCCCCCCCCCCCOC[C@H](CSC[C@H](N)C(=O)NCCOCCOCCOCCP(=O)(O)O)OC(=O)NCCCCCCCCCC. The number of carbonyl (C=O) groups is 2. The highest BCUT2D eigenvalue weighted by Gasteiger charge is 2.18. The van der Waals surface area contributed by atoms with Gasteiger partial charge in [0.05, 0.1) is 58.5 Å². The first-order valence-electron chi connectivity index (χ1n) is 20.1. The van der Waals surface area contributed by atoms with Crippen LogP contribution in [0.15, 0.2) is 0 Å². The highest BCUT2D eigenvalue weighted by molar-refractivity contribution is 7.99. The lowest BCUT2D eigenvalue weighted by molar-refractivity contribution is -0.122. The fourth-order valence-corrected chi connectivity index (χ4v) is 6.51. The third-order valence-electron chi connectivity index (χ3n) is 8.27. The molecule has 52 heavy (non-hydrogen) atoms. The van der Waals surface area contributed by atoms with Gasteiger partial charge in [0.25, 0.3) is 0 Å². The van der Waals surface area contributed by atoms with Crippen LogP contribution < -0.4 is 16.4 Å². The molecule has 0 aromatic rings. The molecule has 2 amide bonds. The van der Waals surface area contributed by atoms with Gasteiger partial charge in [-0.05, 0) is 12.8 Å². The molecule has 6 N–H and O–H groups in total. The van der Waals surface area contributed by atoms with Gasteiger partial charge in [-0.3, -0.25) is 9.36 Å². The molecule has 0 rings (SSSR count). The molecule has 0 radical (unpaired) electrons. The largest absolute Gasteiger partial charge is 0.443 e. The number of thioether (sulfide) groups is 1. The normalized spacial score (nSPS) is 12.9. The molecule has 0 aromatic heterocycles. The third kappa shape index (κ3) is 38.8. The molecule has 0 saturated heterocycles. The van der Waals surface area contributed by atoms with Crippen molar-refractivity contribution in [3.05, 3.63) is 0 Å². The highest BCUT2D eigenvalue weighted by Crippen LogP contribution is 2.33. The third-order valence-corrected chi connectivity index (χ3v) is 10.2. The number of hydrogen-bond acceptors (Lipinski definition) is 10. The Morgan fingerprint density at radius 2 is 1.12 bits per heavy atom. The molecule has 13 nitrogen and oxygen atoms in total. The van der Waals surface area contributed by atoms with E-state index < -0.39 is 25.8 Å². The van der Waals surface area contributed by atoms with Crippen molar-refractivity contribution in [3.63, 3.8) is 0 Å². The second-order valence-corrected chi connectivity index (χ2v) is 16.2. The van der Waals surface area contributed by atoms with Crippen LogP contribution in [0, 0.1) is 0 Å². The smallest absolute Gasteiger partial charge is 0.407 e. The minimum absolute atomic E-state index is 0.0245. The summed E-state index contributed by atoms with van der Waals surface area (Å²) in [6.45, 7) is 7.76. The summed E-state index contributed by atoms with van der Waals surface area (Å²) in [6.07, 6.45) is 21.0. The van der Waals surface area contributed by atoms with Crippen molar-refractivity contribution < 1.29 is 47.6 Å². The summed E-state index contributed by atoms with van der Waals surface area (Å²) < 4.78 is 38.3. The maximum Gasteiger partial charge on any atom is 0.407 e. The quantitative estimate of drug-likeness (QED) is 0.0333. The van der Waals surface area contributed by atoms with E-state index in [0.717, 1.165) is 25.7 Å². The molecule has 0 saturated carbocycles. The minimum atomic E-state index is -4.04. The standard InChI is InChI=1S/C37H76N3O10PS/c1-3-5-7-9-11-13-14-16-18-20-23-49-31-34(50-37(42)40-21-19-17-15-12-10-8-6-4-2)32-52-33-35(38)36(41)39-22-24-46-25-26-47-27-28-48-29-30-51(43,44)45/h34-35H,3-33,38H2,1-2H3,(H,39,41)(H,40,42)(H2,43,44,45)/t34-,35+/m1/s1. The number of nitrogens with two attached hydrogens (primary N) is 1. The molecule has 0 spiro atoms. The van der Waals surface area contributed by atoms with Gasteiger partial charge in [0.15, 0.2) is 0 Å². The van der Waals surface area contributed by atoms with Crippen LogP contribution in [0.25, 0.3) is 0 Å². The van der Waals surface area contributed by atoms with E-state index in [4.69, 9.17) is 39.2 Å². The molecule has 0 aliphatic heterocycles. The van der Waals surface area contributed by atoms with Crippen LogP contribution in [0.3, 0.4) is 0 Å². The summed E-state index contributed by atoms with van der Waals surface area (Å²) in [5.74, 6) is 0.564. The van der Waals surface area contributed by atoms with Gasteiger partial charge in [-0.2, -0.15) is 11.8 Å². The maximum atomic E-state index is 12.6. The van der Waals surface area contributed by atoms with Crippen molar-refractivity contribution in [1.29, 1.82) is 0 Å². The highest BCUT2D eigenvalue weighted by atomic mass is 32.2. The lowest BCUT2D eigenvalue weighted by Gasteiger charge is -2.19. The first-order valence-corrected chi connectivity index (χ1v) is 23.1. The van der Waals surface area contributed by atoms with Crippen LogP contribution in [-0.2, 0) is 33.0 Å². The first-order chi connectivity index (χ1) is 25.2. The Bertz CT molecular complexity index is 859. The lowest BCUT2D eigenvalue weighted by atomic mass is 10.1. The number of ether oxygens (including phenoxy) is 5. The Balaban J connectivity index is 4.26. The van der Waals surface area contributed by atoms with Gasteiger partial charge in [0.1, 0.15) is 6.10 Å². The molecule has 0 aromatic carbocycles. The summed E-state index contributed by atoms with van der Waals surface area (Å²) in [6, 6.07) is -0.720. The number of carbonyl (C=O) groups excluding carboxylic acids is 2. The number of hydrogen-bond donors (Lipinski definition) is 5. The van der Waals surface area contributed by atoms with E-state index in [1.165, 1.54) is 102 Å². The predicted octanol–water partition coefficient (Wildman–Crippen LogP) is 6.56. The lowest BCUT2D eigenvalue weighted by Crippen LogP contribution is -2.43. The molecule has 0 bridgehead atoms. The summed E-state index contributed by atoms with van der Waals surface area (Å²) in [4.78, 5) is 42.6. The van der Waals surface area contributed by atoms with Gasteiger partial charge >= 0.3 is 13.7 Å². The summed E-state index contributed by atoms with van der Waals surface area (Å²) in [5, 5.41) is 5.65. The zero-order valence-corrected chi connectivity index (χ0v) is 34.4.